The second kappa shape index (κ2) is 5.74. The molecule has 1 atom stereocenters. The summed E-state index contributed by atoms with van der Waals surface area (Å²) in [6, 6.07) is 2.14. The summed E-state index contributed by atoms with van der Waals surface area (Å²) in [5.74, 6) is 1.50. The maximum Gasteiger partial charge on any atom is 0.226 e. The van der Waals surface area contributed by atoms with Crippen LogP contribution >= 0.6 is 11.3 Å². The van der Waals surface area contributed by atoms with E-state index in [-0.39, 0.29) is 5.92 Å². The Morgan fingerprint density at radius 1 is 1.50 bits per heavy atom. The number of thiazole rings is 1. The number of nitrogens with zero attached hydrogens (tertiary/aromatic N) is 4. The van der Waals surface area contributed by atoms with Gasteiger partial charge in [0.05, 0.1) is 12.5 Å². The molecule has 0 bridgehead atoms. The average molecular weight is 262 g/mol. The van der Waals surface area contributed by atoms with Crippen LogP contribution in [0.3, 0.4) is 0 Å². The summed E-state index contributed by atoms with van der Waals surface area (Å²) in [5, 5.41) is 15.5. The summed E-state index contributed by atoms with van der Waals surface area (Å²) in [6.45, 7) is 3.96. The Kier molecular flexibility index (Phi) is 4.05. The lowest BCUT2D eigenvalue weighted by Crippen LogP contribution is -1.99. The molecule has 94 valence electrons. The van der Waals surface area contributed by atoms with Crippen LogP contribution in [0.4, 0.5) is 0 Å². The van der Waals surface area contributed by atoms with Crippen molar-refractivity contribution >= 4 is 11.3 Å². The standard InChI is InChI=1S/C12H14N4OS/c1-8(3-4-13)5-11-15-10(16-17-11)6-12-14-9(2)7-18-12/h7-8H,3,5-6H2,1-2H3. The van der Waals surface area contributed by atoms with Crippen LogP contribution in [0.1, 0.15) is 35.8 Å². The predicted molar refractivity (Wildman–Crippen MR) is 67.1 cm³/mol. The highest BCUT2D eigenvalue weighted by atomic mass is 32.1. The van der Waals surface area contributed by atoms with Crippen LogP contribution < -0.4 is 0 Å². The van der Waals surface area contributed by atoms with Crippen molar-refractivity contribution in [3.63, 3.8) is 0 Å². The minimum Gasteiger partial charge on any atom is -0.339 e. The molecule has 6 heteroatoms. The van der Waals surface area contributed by atoms with E-state index in [2.05, 4.69) is 21.2 Å². The fourth-order valence-corrected chi connectivity index (χ4v) is 2.36. The van der Waals surface area contributed by atoms with E-state index in [4.69, 9.17) is 9.78 Å². The van der Waals surface area contributed by atoms with E-state index in [0.717, 1.165) is 10.7 Å². The zero-order valence-corrected chi connectivity index (χ0v) is 11.2. The quantitative estimate of drug-likeness (QED) is 0.827. The topological polar surface area (TPSA) is 75.6 Å². The van der Waals surface area contributed by atoms with Gasteiger partial charge in [-0.15, -0.1) is 11.3 Å². The summed E-state index contributed by atoms with van der Waals surface area (Å²) in [6.07, 6.45) is 1.76. The lowest BCUT2D eigenvalue weighted by atomic mass is 10.1. The van der Waals surface area contributed by atoms with E-state index in [1.54, 1.807) is 11.3 Å². The first-order valence-corrected chi connectivity index (χ1v) is 6.64. The SMILES string of the molecule is Cc1csc(Cc2noc(CC(C)CC#N)n2)n1. The molecule has 0 aliphatic rings. The lowest BCUT2D eigenvalue weighted by Gasteiger charge is -2.00. The van der Waals surface area contributed by atoms with Crippen molar-refractivity contribution in [1.29, 1.82) is 5.26 Å². The van der Waals surface area contributed by atoms with E-state index in [1.165, 1.54) is 0 Å². The second-order valence-corrected chi connectivity index (χ2v) is 5.28. The largest absolute Gasteiger partial charge is 0.339 e. The molecule has 0 fully saturated rings. The van der Waals surface area contributed by atoms with Gasteiger partial charge in [0.25, 0.3) is 0 Å². The fraction of sp³-hybridized carbons (Fsp3) is 0.500. The molecule has 0 aromatic carbocycles. The summed E-state index contributed by atoms with van der Waals surface area (Å²) >= 11 is 1.60. The highest BCUT2D eigenvalue weighted by molar-refractivity contribution is 7.09. The second-order valence-electron chi connectivity index (χ2n) is 4.34. The average Bonchev–Trinajstić information content (AvgIpc) is 2.89. The molecule has 0 amide bonds. The summed E-state index contributed by atoms with van der Waals surface area (Å²) in [5.41, 5.74) is 1.02. The van der Waals surface area contributed by atoms with Crippen molar-refractivity contribution in [3.05, 3.63) is 27.8 Å². The highest BCUT2D eigenvalue weighted by Gasteiger charge is 2.12. The van der Waals surface area contributed by atoms with Crippen molar-refractivity contribution < 1.29 is 4.52 Å². The van der Waals surface area contributed by atoms with E-state index in [0.29, 0.717) is 31.0 Å². The minimum absolute atomic E-state index is 0.241. The number of rotatable bonds is 5. The zero-order chi connectivity index (χ0) is 13.0. The van der Waals surface area contributed by atoms with Crippen LogP contribution in [0.15, 0.2) is 9.90 Å². The normalized spacial score (nSPS) is 12.3. The number of aryl methyl sites for hydroxylation is 1. The molecular weight excluding hydrogens is 248 g/mol. The van der Waals surface area contributed by atoms with Gasteiger partial charge in [0.15, 0.2) is 5.82 Å². The van der Waals surface area contributed by atoms with Gasteiger partial charge in [-0.3, -0.25) is 0 Å². The van der Waals surface area contributed by atoms with Crippen molar-refractivity contribution in [1.82, 2.24) is 15.1 Å². The van der Waals surface area contributed by atoms with Gasteiger partial charge in [-0.05, 0) is 12.8 Å². The lowest BCUT2D eigenvalue weighted by molar-refractivity contribution is 0.355. The molecule has 0 saturated heterocycles. The third-order valence-electron chi connectivity index (χ3n) is 2.45. The molecule has 0 aliphatic carbocycles. The van der Waals surface area contributed by atoms with Crippen molar-refractivity contribution in [2.45, 2.75) is 33.1 Å². The van der Waals surface area contributed by atoms with Gasteiger partial charge in [-0.2, -0.15) is 10.2 Å². The Hall–Kier alpha value is -1.74. The van der Waals surface area contributed by atoms with Gasteiger partial charge in [0.2, 0.25) is 5.89 Å². The van der Waals surface area contributed by atoms with E-state index in [9.17, 15) is 0 Å². The van der Waals surface area contributed by atoms with Crippen LogP contribution in [-0.4, -0.2) is 15.1 Å². The number of nitriles is 1. The molecule has 0 aliphatic heterocycles. The molecule has 0 spiro atoms. The maximum absolute atomic E-state index is 8.59. The van der Waals surface area contributed by atoms with Crippen molar-refractivity contribution in [2.75, 3.05) is 0 Å². The highest BCUT2D eigenvalue weighted by Crippen LogP contribution is 2.14. The third kappa shape index (κ3) is 3.37. The molecule has 0 radical (unpaired) electrons. The number of aromatic nitrogens is 3. The van der Waals surface area contributed by atoms with Gasteiger partial charge >= 0.3 is 0 Å². The van der Waals surface area contributed by atoms with E-state index >= 15 is 0 Å². The monoisotopic (exact) mass is 262 g/mol. The van der Waals surface area contributed by atoms with Crippen molar-refractivity contribution in [3.8, 4) is 6.07 Å². The molecule has 2 aromatic rings. The summed E-state index contributed by atoms with van der Waals surface area (Å²) in [7, 11) is 0. The molecular formula is C12H14N4OS. The Bertz CT molecular complexity index is 554. The van der Waals surface area contributed by atoms with Gasteiger partial charge in [0.1, 0.15) is 5.01 Å². The van der Waals surface area contributed by atoms with Gasteiger partial charge in [0, 0.05) is 23.9 Å². The minimum atomic E-state index is 0.241. The first-order valence-electron chi connectivity index (χ1n) is 5.76. The van der Waals surface area contributed by atoms with Gasteiger partial charge in [-0.1, -0.05) is 12.1 Å². The van der Waals surface area contributed by atoms with Crippen molar-refractivity contribution in [2.24, 2.45) is 5.92 Å². The maximum atomic E-state index is 8.59. The smallest absolute Gasteiger partial charge is 0.226 e. The molecule has 2 heterocycles. The molecule has 0 N–H and O–H groups in total. The Morgan fingerprint density at radius 3 is 3.00 bits per heavy atom. The van der Waals surface area contributed by atoms with Crippen LogP contribution in [0.5, 0.6) is 0 Å². The van der Waals surface area contributed by atoms with Gasteiger partial charge in [-0.25, -0.2) is 4.98 Å². The van der Waals surface area contributed by atoms with E-state index < -0.39 is 0 Å². The Balaban J connectivity index is 1.96. The molecule has 5 nitrogen and oxygen atoms in total. The van der Waals surface area contributed by atoms with Crippen LogP contribution in [0.2, 0.25) is 0 Å². The Morgan fingerprint density at radius 2 is 2.33 bits per heavy atom. The fourth-order valence-electron chi connectivity index (χ4n) is 1.59. The third-order valence-corrected chi connectivity index (χ3v) is 3.42. The first-order chi connectivity index (χ1) is 8.67. The predicted octanol–water partition coefficient (Wildman–Crippen LogP) is 2.52. The molecule has 2 rings (SSSR count). The summed E-state index contributed by atoms with van der Waals surface area (Å²) < 4.78 is 5.17. The molecule has 2 aromatic heterocycles. The first kappa shape index (κ1) is 12.7. The zero-order valence-electron chi connectivity index (χ0n) is 10.4. The number of hydrogen-bond acceptors (Lipinski definition) is 6. The Labute approximate surface area is 109 Å². The molecule has 1 unspecified atom stereocenters. The van der Waals surface area contributed by atoms with Crippen LogP contribution in [-0.2, 0) is 12.8 Å². The van der Waals surface area contributed by atoms with Crippen LogP contribution in [0.25, 0.3) is 0 Å². The number of hydrogen-bond donors (Lipinski definition) is 0. The van der Waals surface area contributed by atoms with E-state index in [1.807, 2.05) is 19.2 Å². The van der Waals surface area contributed by atoms with Crippen LogP contribution in [0, 0.1) is 24.2 Å². The molecule has 18 heavy (non-hydrogen) atoms. The summed E-state index contributed by atoms with van der Waals surface area (Å²) in [4.78, 5) is 8.68. The van der Waals surface area contributed by atoms with Gasteiger partial charge < -0.3 is 4.52 Å². The molecule has 0 saturated carbocycles.